The molecule has 10 heteroatoms. The van der Waals surface area contributed by atoms with Gasteiger partial charge >= 0.3 is 5.97 Å². The molecule has 0 aliphatic carbocycles. The fourth-order valence-corrected chi connectivity index (χ4v) is 4.51. The van der Waals surface area contributed by atoms with Crippen molar-refractivity contribution in [1.82, 2.24) is 14.9 Å². The summed E-state index contributed by atoms with van der Waals surface area (Å²) in [4.78, 5) is 48.7. The molecule has 0 fully saturated rings. The molecule has 2 N–H and O–H groups in total. The molecule has 3 heterocycles. The molecule has 4 rings (SSSR count). The highest BCUT2D eigenvalue weighted by Gasteiger charge is 2.24. The lowest BCUT2D eigenvalue weighted by Gasteiger charge is -2.25. The Labute approximate surface area is 194 Å². The number of carbonyl (C=O) groups excluding carboxylic acids is 3. The van der Waals surface area contributed by atoms with Crippen molar-refractivity contribution in [3.63, 3.8) is 0 Å². The van der Waals surface area contributed by atoms with Gasteiger partial charge in [-0.25, -0.2) is 9.78 Å². The van der Waals surface area contributed by atoms with Crippen LogP contribution in [0.3, 0.4) is 0 Å². The van der Waals surface area contributed by atoms with Crippen molar-refractivity contribution < 1.29 is 19.1 Å². The average molecular weight is 466 g/mol. The molecule has 3 aromatic rings. The molecule has 170 valence electrons. The number of amides is 2. The first-order chi connectivity index (χ1) is 16.0. The van der Waals surface area contributed by atoms with Crippen molar-refractivity contribution in [1.29, 1.82) is 0 Å². The molecular weight excluding hydrogens is 442 g/mol. The lowest BCUT2D eigenvalue weighted by Crippen LogP contribution is -2.37. The maximum atomic E-state index is 12.7. The molecule has 1 aromatic carbocycles. The second-order valence-electron chi connectivity index (χ2n) is 7.33. The molecule has 0 saturated heterocycles. The first kappa shape index (κ1) is 22.6. The summed E-state index contributed by atoms with van der Waals surface area (Å²) < 4.78 is 5.06. The number of hydrogen-bond acceptors (Lipinski definition) is 8. The Bertz CT molecular complexity index is 1160. The van der Waals surface area contributed by atoms with Crippen molar-refractivity contribution in [3.05, 3.63) is 70.5 Å². The third-order valence-corrected chi connectivity index (χ3v) is 5.99. The average Bonchev–Trinajstić information content (AvgIpc) is 3.21. The number of fused-ring (bicyclic) bond motifs is 1. The summed E-state index contributed by atoms with van der Waals surface area (Å²) in [6.45, 7) is 3.38. The molecule has 0 saturated carbocycles. The molecule has 33 heavy (non-hydrogen) atoms. The number of ether oxygens (including phenoxy) is 1. The first-order valence-electron chi connectivity index (χ1n) is 10.5. The second kappa shape index (κ2) is 10.3. The van der Waals surface area contributed by atoms with E-state index in [4.69, 9.17) is 4.74 Å². The van der Waals surface area contributed by atoms with Crippen molar-refractivity contribution in [2.75, 3.05) is 30.3 Å². The molecule has 0 bridgehead atoms. The summed E-state index contributed by atoms with van der Waals surface area (Å²) in [5, 5.41) is 6.13. The van der Waals surface area contributed by atoms with E-state index in [0.29, 0.717) is 41.6 Å². The van der Waals surface area contributed by atoms with Gasteiger partial charge in [0.05, 0.1) is 30.1 Å². The van der Waals surface area contributed by atoms with Gasteiger partial charge < -0.3 is 10.1 Å². The molecule has 0 atom stereocenters. The van der Waals surface area contributed by atoms with Crippen LogP contribution in [0.25, 0.3) is 0 Å². The number of aromatic nitrogens is 2. The Morgan fingerprint density at radius 2 is 1.94 bits per heavy atom. The predicted octanol–water partition coefficient (Wildman–Crippen LogP) is 2.96. The van der Waals surface area contributed by atoms with Crippen molar-refractivity contribution >= 4 is 39.9 Å². The summed E-state index contributed by atoms with van der Waals surface area (Å²) in [6.07, 6.45) is 2.24. The van der Waals surface area contributed by atoms with Gasteiger partial charge in [-0.1, -0.05) is 18.2 Å². The van der Waals surface area contributed by atoms with E-state index in [1.807, 2.05) is 4.90 Å². The van der Waals surface area contributed by atoms with Gasteiger partial charge in [-0.3, -0.25) is 24.8 Å². The molecule has 1 aliphatic heterocycles. The first-order valence-corrected chi connectivity index (χ1v) is 11.3. The van der Waals surface area contributed by atoms with E-state index in [2.05, 4.69) is 20.6 Å². The van der Waals surface area contributed by atoms with Crippen molar-refractivity contribution in [2.45, 2.75) is 19.9 Å². The quantitative estimate of drug-likeness (QED) is 0.516. The molecular formula is C23H23N5O4S. The molecule has 0 radical (unpaired) electrons. The van der Waals surface area contributed by atoms with Crippen LogP contribution in [0.1, 0.15) is 38.3 Å². The fourth-order valence-electron chi connectivity index (χ4n) is 3.47. The standard InChI is InChI=1S/C23H23N5O4S/c1-2-32-22(31)15-7-3-4-8-16(15)25-20(29)14-28-12-10-17-19(13-28)33-23(26-17)27-21(30)18-9-5-6-11-24-18/h3-9,11H,2,10,12-14H2,1H3,(H,25,29)(H,26,27,30). The van der Waals surface area contributed by atoms with Crippen LogP contribution in [0.5, 0.6) is 0 Å². The minimum atomic E-state index is -0.471. The highest BCUT2D eigenvalue weighted by Crippen LogP contribution is 2.28. The number of anilines is 2. The molecule has 1 aliphatic rings. The Morgan fingerprint density at radius 3 is 2.73 bits per heavy atom. The Hall–Kier alpha value is -3.63. The minimum absolute atomic E-state index is 0.171. The maximum absolute atomic E-state index is 12.7. The zero-order valence-electron chi connectivity index (χ0n) is 18.0. The van der Waals surface area contributed by atoms with Crippen LogP contribution in [0.15, 0.2) is 48.7 Å². The summed E-state index contributed by atoms with van der Waals surface area (Å²) in [5.74, 6) is -0.998. The molecule has 2 aromatic heterocycles. The topological polar surface area (TPSA) is 114 Å². The van der Waals surface area contributed by atoms with Gasteiger partial charge in [0, 0.05) is 30.6 Å². The lowest BCUT2D eigenvalue weighted by atomic mass is 10.1. The van der Waals surface area contributed by atoms with E-state index in [9.17, 15) is 14.4 Å². The van der Waals surface area contributed by atoms with Gasteiger partial charge in [-0.2, -0.15) is 0 Å². The SMILES string of the molecule is CCOC(=O)c1ccccc1NC(=O)CN1CCc2nc(NC(=O)c3ccccn3)sc2C1. The van der Waals surface area contributed by atoms with Gasteiger partial charge in [0.15, 0.2) is 5.13 Å². The van der Waals surface area contributed by atoms with Crippen LogP contribution in [0, 0.1) is 0 Å². The van der Waals surface area contributed by atoms with E-state index in [1.54, 1.807) is 55.6 Å². The van der Waals surface area contributed by atoms with E-state index in [0.717, 1.165) is 10.6 Å². The summed E-state index contributed by atoms with van der Waals surface area (Å²) in [5.41, 5.74) is 2.01. The van der Waals surface area contributed by atoms with E-state index < -0.39 is 5.97 Å². The number of para-hydroxylation sites is 1. The number of nitrogens with zero attached hydrogens (tertiary/aromatic N) is 3. The third kappa shape index (κ3) is 5.60. The summed E-state index contributed by atoms with van der Waals surface area (Å²) in [7, 11) is 0. The summed E-state index contributed by atoms with van der Waals surface area (Å²) >= 11 is 1.40. The smallest absolute Gasteiger partial charge is 0.340 e. The van der Waals surface area contributed by atoms with Crippen molar-refractivity contribution in [2.24, 2.45) is 0 Å². The van der Waals surface area contributed by atoms with Gasteiger partial charge in [0.2, 0.25) is 5.91 Å². The fraction of sp³-hybridized carbons (Fsp3) is 0.261. The number of rotatable bonds is 7. The molecule has 9 nitrogen and oxygen atoms in total. The zero-order valence-corrected chi connectivity index (χ0v) is 18.9. The van der Waals surface area contributed by atoms with E-state index >= 15 is 0 Å². The summed E-state index contributed by atoms with van der Waals surface area (Å²) in [6, 6.07) is 11.9. The molecule has 2 amide bonds. The Morgan fingerprint density at radius 1 is 1.12 bits per heavy atom. The monoisotopic (exact) mass is 465 g/mol. The van der Waals surface area contributed by atoms with Crippen LogP contribution >= 0.6 is 11.3 Å². The highest BCUT2D eigenvalue weighted by atomic mass is 32.1. The number of esters is 1. The third-order valence-electron chi connectivity index (χ3n) is 4.99. The number of nitrogens with one attached hydrogen (secondary N) is 2. The van der Waals surface area contributed by atoms with Crippen LogP contribution in [-0.4, -0.2) is 52.3 Å². The number of benzene rings is 1. The van der Waals surface area contributed by atoms with Crippen LogP contribution in [0.4, 0.5) is 10.8 Å². The highest BCUT2D eigenvalue weighted by molar-refractivity contribution is 7.15. The predicted molar refractivity (Wildman–Crippen MR) is 124 cm³/mol. The molecule has 0 spiro atoms. The number of pyridine rings is 1. The lowest BCUT2D eigenvalue weighted by molar-refractivity contribution is -0.117. The number of thiazole rings is 1. The van der Waals surface area contributed by atoms with Gasteiger partial charge in [-0.05, 0) is 31.2 Å². The van der Waals surface area contributed by atoms with E-state index in [1.165, 1.54) is 11.3 Å². The Balaban J connectivity index is 1.36. The van der Waals surface area contributed by atoms with Crippen LogP contribution < -0.4 is 10.6 Å². The maximum Gasteiger partial charge on any atom is 0.340 e. The zero-order chi connectivity index (χ0) is 23.2. The van der Waals surface area contributed by atoms with E-state index in [-0.39, 0.29) is 25.0 Å². The number of hydrogen-bond donors (Lipinski definition) is 2. The van der Waals surface area contributed by atoms with Crippen LogP contribution in [-0.2, 0) is 22.5 Å². The minimum Gasteiger partial charge on any atom is -0.462 e. The Kier molecular flexibility index (Phi) is 7.06. The number of carbonyl (C=O) groups is 3. The van der Waals surface area contributed by atoms with Gasteiger partial charge in [0.25, 0.3) is 5.91 Å². The molecule has 0 unspecified atom stereocenters. The van der Waals surface area contributed by atoms with Gasteiger partial charge in [0.1, 0.15) is 5.69 Å². The van der Waals surface area contributed by atoms with Crippen LogP contribution in [0.2, 0.25) is 0 Å². The van der Waals surface area contributed by atoms with Crippen molar-refractivity contribution in [3.8, 4) is 0 Å². The van der Waals surface area contributed by atoms with Gasteiger partial charge in [-0.15, -0.1) is 11.3 Å². The normalized spacial score (nSPS) is 13.1. The largest absolute Gasteiger partial charge is 0.462 e. The second-order valence-corrected chi connectivity index (χ2v) is 8.42.